The smallest absolute Gasteiger partial charge is 0.208 e. The summed E-state index contributed by atoms with van der Waals surface area (Å²) in [5.41, 5.74) is 1.34. The van der Waals surface area contributed by atoms with Crippen LogP contribution in [0.3, 0.4) is 0 Å². The van der Waals surface area contributed by atoms with E-state index in [0.717, 1.165) is 37.7 Å². The second-order valence-electron chi connectivity index (χ2n) is 5.72. The number of nitrogens with zero attached hydrogens (tertiary/aromatic N) is 2. The molecule has 0 aliphatic carbocycles. The molecule has 1 aromatic heterocycles. The van der Waals surface area contributed by atoms with Crippen LogP contribution in [0.4, 0.5) is 0 Å². The number of hydrogen-bond donors (Lipinski definition) is 1. The van der Waals surface area contributed by atoms with Gasteiger partial charge in [0.25, 0.3) is 0 Å². The second-order valence-corrected chi connectivity index (χ2v) is 5.72. The minimum Gasteiger partial charge on any atom is -0.444 e. The van der Waals surface area contributed by atoms with Gasteiger partial charge in [-0.05, 0) is 12.5 Å². The molecule has 1 aliphatic rings. The van der Waals surface area contributed by atoms with Gasteiger partial charge in [-0.1, -0.05) is 37.3 Å². The zero-order valence-corrected chi connectivity index (χ0v) is 12.7. The number of oxazole rings is 1. The Balaban J connectivity index is 1.69. The molecule has 2 heterocycles. The zero-order valence-electron chi connectivity index (χ0n) is 12.7. The molecule has 3 rings (SSSR count). The predicted octanol–water partition coefficient (Wildman–Crippen LogP) is 2.77. The fourth-order valence-electron chi connectivity index (χ4n) is 2.81. The summed E-state index contributed by atoms with van der Waals surface area (Å²) in [5, 5.41) is 3.62. The van der Waals surface area contributed by atoms with Crippen molar-refractivity contribution in [1.29, 1.82) is 0 Å². The van der Waals surface area contributed by atoms with Gasteiger partial charge in [0.1, 0.15) is 5.76 Å². The topological polar surface area (TPSA) is 41.3 Å². The van der Waals surface area contributed by atoms with Gasteiger partial charge in [0.15, 0.2) is 0 Å². The maximum Gasteiger partial charge on any atom is 0.208 e. The van der Waals surface area contributed by atoms with E-state index in [1.165, 1.54) is 5.56 Å². The van der Waals surface area contributed by atoms with Crippen LogP contribution in [0.5, 0.6) is 0 Å². The first-order chi connectivity index (χ1) is 10.3. The lowest BCUT2D eigenvalue weighted by molar-refractivity contribution is 0.121. The van der Waals surface area contributed by atoms with Crippen LogP contribution in [0, 0.1) is 0 Å². The van der Waals surface area contributed by atoms with Gasteiger partial charge in [0.05, 0.1) is 12.7 Å². The van der Waals surface area contributed by atoms with E-state index in [2.05, 4.69) is 59.4 Å². The average Bonchev–Trinajstić information content (AvgIpc) is 2.98. The van der Waals surface area contributed by atoms with E-state index in [1.54, 1.807) is 0 Å². The minimum atomic E-state index is 0.378. The van der Waals surface area contributed by atoms with Crippen molar-refractivity contribution in [3.05, 3.63) is 53.7 Å². The average molecular weight is 285 g/mol. The van der Waals surface area contributed by atoms with Gasteiger partial charge >= 0.3 is 0 Å². The van der Waals surface area contributed by atoms with Crippen LogP contribution in [0.15, 0.2) is 40.9 Å². The standard InChI is InChI=1S/C17H23N3O/c1-3-15-10-19-17(21-15)12-20-11-16(18-9-13(20)2)14-7-5-4-6-8-14/h4-8,10,13,16,18H,3,9,11-12H2,1-2H3. The molecule has 2 unspecified atom stereocenters. The third kappa shape index (κ3) is 3.34. The Labute approximate surface area is 126 Å². The highest BCUT2D eigenvalue weighted by Gasteiger charge is 2.26. The molecule has 21 heavy (non-hydrogen) atoms. The van der Waals surface area contributed by atoms with E-state index in [4.69, 9.17) is 4.42 Å². The minimum absolute atomic E-state index is 0.378. The highest BCUT2D eigenvalue weighted by atomic mass is 16.4. The van der Waals surface area contributed by atoms with Crippen LogP contribution in [-0.4, -0.2) is 29.0 Å². The Hall–Kier alpha value is -1.65. The van der Waals surface area contributed by atoms with Gasteiger partial charge in [0, 0.05) is 31.6 Å². The van der Waals surface area contributed by atoms with Crippen molar-refractivity contribution >= 4 is 0 Å². The number of benzene rings is 1. The maximum atomic E-state index is 5.75. The summed E-state index contributed by atoms with van der Waals surface area (Å²) in [6, 6.07) is 11.5. The highest BCUT2D eigenvalue weighted by molar-refractivity contribution is 5.20. The van der Waals surface area contributed by atoms with E-state index < -0.39 is 0 Å². The third-order valence-corrected chi connectivity index (χ3v) is 4.19. The summed E-state index contributed by atoms with van der Waals surface area (Å²) in [5.74, 6) is 1.79. The van der Waals surface area contributed by atoms with Crippen molar-refractivity contribution in [2.24, 2.45) is 0 Å². The molecular formula is C17H23N3O. The fraction of sp³-hybridized carbons (Fsp3) is 0.471. The third-order valence-electron chi connectivity index (χ3n) is 4.19. The van der Waals surface area contributed by atoms with E-state index in [0.29, 0.717) is 12.1 Å². The molecule has 0 spiro atoms. The lowest BCUT2D eigenvalue weighted by Crippen LogP contribution is -2.50. The van der Waals surface area contributed by atoms with E-state index in [9.17, 15) is 0 Å². The second kappa shape index (κ2) is 6.41. The lowest BCUT2D eigenvalue weighted by atomic mass is 10.0. The molecule has 0 radical (unpaired) electrons. The normalized spacial score (nSPS) is 23.3. The zero-order chi connectivity index (χ0) is 14.7. The first-order valence-corrected chi connectivity index (χ1v) is 7.72. The van der Waals surface area contributed by atoms with Crippen LogP contribution >= 0.6 is 0 Å². The number of aromatic nitrogens is 1. The van der Waals surface area contributed by atoms with Crippen molar-refractivity contribution in [3.8, 4) is 0 Å². The molecule has 1 aliphatic heterocycles. The quantitative estimate of drug-likeness (QED) is 0.938. The lowest BCUT2D eigenvalue weighted by Gasteiger charge is -2.38. The molecule has 4 heteroatoms. The largest absolute Gasteiger partial charge is 0.444 e. The molecule has 1 N–H and O–H groups in total. The van der Waals surface area contributed by atoms with Crippen LogP contribution in [0.2, 0.25) is 0 Å². The molecule has 1 fully saturated rings. The molecule has 0 bridgehead atoms. The Morgan fingerprint density at radius 2 is 2.14 bits per heavy atom. The first-order valence-electron chi connectivity index (χ1n) is 7.72. The summed E-state index contributed by atoms with van der Waals surface area (Å²) in [4.78, 5) is 6.83. The van der Waals surface area contributed by atoms with Crippen molar-refractivity contribution in [2.45, 2.75) is 38.9 Å². The van der Waals surface area contributed by atoms with Crippen molar-refractivity contribution < 1.29 is 4.42 Å². The number of nitrogens with one attached hydrogen (secondary N) is 1. The van der Waals surface area contributed by atoms with Crippen LogP contribution < -0.4 is 5.32 Å². The van der Waals surface area contributed by atoms with Gasteiger partial charge in [-0.15, -0.1) is 0 Å². The monoisotopic (exact) mass is 285 g/mol. The fourth-order valence-corrected chi connectivity index (χ4v) is 2.81. The van der Waals surface area contributed by atoms with Gasteiger partial charge in [-0.25, -0.2) is 4.98 Å². The van der Waals surface area contributed by atoms with E-state index in [1.807, 2.05) is 6.20 Å². The van der Waals surface area contributed by atoms with Crippen molar-refractivity contribution in [1.82, 2.24) is 15.2 Å². The van der Waals surface area contributed by atoms with Gasteiger partial charge in [-0.3, -0.25) is 4.90 Å². The summed E-state index contributed by atoms with van der Waals surface area (Å²) < 4.78 is 5.75. The summed E-state index contributed by atoms with van der Waals surface area (Å²) >= 11 is 0. The summed E-state index contributed by atoms with van der Waals surface area (Å²) in [6.45, 7) is 7.09. The Kier molecular flexibility index (Phi) is 4.36. The highest BCUT2D eigenvalue weighted by Crippen LogP contribution is 2.21. The Bertz CT molecular complexity index is 566. The first kappa shape index (κ1) is 14.3. The van der Waals surface area contributed by atoms with Crippen molar-refractivity contribution in [3.63, 3.8) is 0 Å². The van der Waals surface area contributed by atoms with Crippen molar-refractivity contribution in [2.75, 3.05) is 13.1 Å². The molecule has 1 aromatic carbocycles. The van der Waals surface area contributed by atoms with Crippen LogP contribution in [-0.2, 0) is 13.0 Å². The molecule has 0 saturated carbocycles. The SMILES string of the molecule is CCc1cnc(CN2CC(c3ccccc3)NCC2C)o1. The number of hydrogen-bond acceptors (Lipinski definition) is 4. The molecular weight excluding hydrogens is 262 g/mol. The van der Waals surface area contributed by atoms with Gasteiger partial charge in [0.2, 0.25) is 5.89 Å². The molecule has 0 amide bonds. The molecule has 2 atom stereocenters. The van der Waals surface area contributed by atoms with Gasteiger partial charge < -0.3 is 9.73 Å². The number of piperazine rings is 1. The molecule has 112 valence electrons. The summed E-state index contributed by atoms with van der Waals surface area (Å²) in [7, 11) is 0. The predicted molar refractivity (Wildman–Crippen MR) is 82.9 cm³/mol. The van der Waals surface area contributed by atoms with E-state index >= 15 is 0 Å². The van der Waals surface area contributed by atoms with Gasteiger partial charge in [-0.2, -0.15) is 0 Å². The number of aryl methyl sites for hydroxylation is 1. The molecule has 1 saturated heterocycles. The Morgan fingerprint density at radius 1 is 1.33 bits per heavy atom. The van der Waals surface area contributed by atoms with Crippen LogP contribution in [0.25, 0.3) is 0 Å². The molecule has 4 nitrogen and oxygen atoms in total. The summed E-state index contributed by atoms with van der Waals surface area (Å²) in [6.07, 6.45) is 2.74. The maximum absolute atomic E-state index is 5.75. The van der Waals surface area contributed by atoms with E-state index in [-0.39, 0.29) is 0 Å². The molecule has 2 aromatic rings. The number of rotatable bonds is 4. The Morgan fingerprint density at radius 3 is 2.86 bits per heavy atom. The van der Waals surface area contributed by atoms with Crippen LogP contribution in [0.1, 0.15) is 37.1 Å².